The second-order valence-corrected chi connectivity index (χ2v) is 4.41. The minimum absolute atomic E-state index is 0.420. The first-order chi connectivity index (χ1) is 7.80. The molecule has 1 saturated heterocycles. The molecule has 94 valence electrons. The van der Waals surface area contributed by atoms with Gasteiger partial charge >= 0.3 is 0 Å². The van der Waals surface area contributed by atoms with Crippen molar-refractivity contribution in [3.63, 3.8) is 0 Å². The van der Waals surface area contributed by atoms with Crippen molar-refractivity contribution in [1.82, 2.24) is 10.2 Å². The van der Waals surface area contributed by atoms with Gasteiger partial charge in [0, 0.05) is 19.6 Å². The molecule has 0 aliphatic carbocycles. The summed E-state index contributed by atoms with van der Waals surface area (Å²) in [7, 11) is 0. The number of hydrogen-bond donors (Lipinski definition) is 1. The van der Waals surface area contributed by atoms with Crippen LogP contribution in [0.4, 0.5) is 0 Å². The highest BCUT2D eigenvalue weighted by Crippen LogP contribution is 2.20. The summed E-state index contributed by atoms with van der Waals surface area (Å²) in [4.78, 5) is 2.38. The van der Waals surface area contributed by atoms with Crippen molar-refractivity contribution in [2.24, 2.45) is 0 Å². The van der Waals surface area contributed by atoms with Crippen LogP contribution in [0.1, 0.15) is 26.7 Å². The van der Waals surface area contributed by atoms with Crippen LogP contribution in [-0.4, -0.2) is 49.8 Å². The lowest BCUT2D eigenvalue weighted by atomic mass is 10.2. The maximum Gasteiger partial charge on any atom is 0.0707 e. The summed E-state index contributed by atoms with van der Waals surface area (Å²) >= 11 is 0. The van der Waals surface area contributed by atoms with E-state index in [9.17, 15) is 0 Å². The lowest BCUT2D eigenvalue weighted by molar-refractivity contribution is 0.0265. The number of ether oxygens (including phenoxy) is 1. The molecule has 3 heteroatoms. The van der Waals surface area contributed by atoms with Crippen LogP contribution in [-0.2, 0) is 4.74 Å². The molecule has 0 amide bonds. The fraction of sp³-hybridized carbons (Fsp3) is 0.846. The molecule has 0 bridgehead atoms. The van der Waals surface area contributed by atoms with Crippen LogP contribution in [0, 0.1) is 0 Å². The molecule has 2 atom stereocenters. The molecule has 0 radical (unpaired) electrons. The molecule has 0 aromatic carbocycles. The van der Waals surface area contributed by atoms with Gasteiger partial charge in [0.1, 0.15) is 0 Å². The van der Waals surface area contributed by atoms with Crippen molar-refractivity contribution in [3.8, 4) is 0 Å². The standard InChI is InChI=1S/C13H26N2O/c1-4-9-15(6-3)11-13-8-7-12(16-13)10-14-5-2/h4,12-14H,1,5-11H2,2-3H3. The van der Waals surface area contributed by atoms with Gasteiger partial charge in [-0.15, -0.1) is 6.58 Å². The molecule has 1 aliphatic heterocycles. The van der Waals surface area contributed by atoms with E-state index < -0.39 is 0 Å². The van der Waals surface area contributed by atoms with Gasteiger partial charge in [0.2, 0.25) is 0 Å². The lowest BCUT2D eigenvalue weighted by Gasteiger charge is -2.22. The maximum atomic E-state index is 6.00. The zero-order valence-electron chi connectivity index (χ0n) is 10.7. The van der Waals surface area contributed by atoms with Crippen LogP contribution < -0.4 is 5.32 Å². The van der Waals surface area contributed by atoms with Crippen molar-refractivity contribution in [2.75, 3.05) is 32.7 Å². The Morgan fingerprint density at radius 3 is 2.75 bits per heavy atom. The summed E-state index contributed by atoms with van der Waals surface area (Å²) in [5, 5.41) is 3.35. The molecular formula is C13H26N2O. The number of nitrogens with one attached hydrogen (secondary N) is 1. The number of likely N-dealkylation sites (N-methyl/N-ethyl adjacent to an activating group) is 2. The molecule has 2 unspecified atom stereocenters. The Morgan fingerprint density at radius 1 is 1.38 bits per heavy atom. The summed E-state index contributed by atoms with van der Waals surface area (Å²) < 4.78 is 6.00. The normalized spacial score (nSPS) is 25.2. The van der Waals surface area contributed by atoms with Crippen LogP contribution >= 0.6 is 0 Å². The predicted octanol–water partition coefficient (Wildman–Crippen LogP) is 1.65. The highest BCUT2D eigenvalue weighted by Gasteiger charge is 2.25. The zero-order chi connectivity index (χ0) is 11.8. The fourth-order valence-corrected chi connectivity index (χ4v) is 2.17. The first kappa shape index (κ1) is 13.7. The minimum Gasteiger partial charge on any atom is -0.372 e. The summed E-state index contributed by atoms with van der Waals surface area (Å²) in [5.74, 6) is 0. The van der Waals surface area contributed by atoms with Gasteiger partial charge in [0.25, 0.3) is 0 Å². The molecule has 3 nitrogen and oxygen atoms in total. The van der Waals surface area contributed by atoms with E-state index in [4.69, 9.17) is 4.74 Å². The average molecular weight is 226 g/mol. The quantitative estimate of drug-likeness (QED) is 0.637. The third-order valence-electron chi connectivity index (χ3n) is 3.11. The van der Waals surface area contributed by atoms with E-state index in [2.05, 4.69) is 30.6 Å². The van der Waals surface area contributed by atoms with Gasteiger partial charge in [-0.05, 0) is 25.9 Å². The molecule has 0 spiro atoms. The number of hydrogen-bond acceptors (Lipinski definition) is 3. The third-order valence-corrected chi connectivity index (χ3v) is 3.11. The fourth-order valence-electron chi connectivity index (χ4n) is 2.17. The minimum atomic E-state index is 0.420. The van der Waals surface area contributed by atoms with E-state index in [1.54, 1.807) is 0 Å². The first-order valence-electron chi connectivity index (χ1n) is 6.49. The lowest BCUT2D eigenvalue weighted by Crippen LogP contribution is -2.34. The highest BCUT2D eigenvalue weighted by molar-refractivity contribution is 4.80. The SMILES string of the molecule is C=CCN(CC)CC1CCC(CNCC)O1. The molecule has 0 aromatic heterocycles. The molecule has 0 aromatic rings. The molecule has 1 rings (SSSR count). The summed E-state index contributed by atoms with van der Waals surface area (Å²) in [5.41, 5.74) is 0. The Morgan fingerprint density at radius 2 is 2.12 bits per heavy atom. The Kier molecular flexibility index (Phi) is 6.69. The Labute approximate surface area is 99.8 Å². The van der Waals surface area contributed by atoms with E-state index in [-0.39, 0.29) is 0 Å². The van der Waals surface area contributed by atoms with E-state index in [1.807, 2.05) is 6.08 Å². The van der Waals surface area contributed by atoms with E-state index in [0.29, 0.717) is 12.2 Å². The molecule has 1 aliphatic rings. The Bertz CT molecular complexity index is 196. The van der Waals surface area contributed by atoms with Gasteiger partial charge in [-0.3, -0.25) is 4.90 Å². The van der Waals surface area contributed by atoms with Gasteiger partial charge in [-0.25, -0.2) is 0 Å². The largest absolute Gasteiger partial charge is 0.372 e. The van der Waals surface area contributed by atoms with Gasteiger partial charge in [-0.1, -0.05) is 19.9 Å². The van der Waals surface area contributed by atoms with E-state index >= 15 is 0 Å². The van der Waals surface area contributed by atoms with Crippen molar-refractivity contribution in [3.05, 3.63) is 12.7 Å². The van der Waals surface area contributed by atoms with Crippen LogP contribution in [0.5, 0.6) is 0 Å². The number of nitrogens with zero attached hydrogens (tertiary/aromatic N) is 1. The van der Waals surface area contributed by atoms with Crippen LogP contribution in [0.2, 0.25) is 0 Å². The Balaban J connectivity index is 2.21. The van der Waals surface area contributed by atoms with Gasteiger partial charge < -0.3 is 10.1 Å². The smallest absolute Gasteiger partial charge is 0.0707 e. The van der Waals surface area contributed by atoms with Crippen LogP contribution in [0.15, 0.2) is 12.7 Å². The third kappa shape index (κ3) is 4.64. The first-order valence-corrected chi connectivity index (χ1v) is 6.49. The second kappa shape index (κ2) is 7.82. The molecule has 1 N–H and O–H groups in total. The van der Waals surface area contributed by atoms with E-state index in [0.717, 1.165) is 32.7 Å². The summed E-state index contributed by atoms with van der Waals surface area (Å²) in [6.45, 7) is 13.2. The second-order valence-electron chi connectivity index (χ2n) is 4.41. The topological polar surface area (TPSA) is 24.5 Å². The maximum absolute atomic E-state index is 6.00. The molecule has 1 heterocycles. The van der Waals surface area contributed by atoms with E-state index in [1.165, 1.54) is 12.8 Å². The summed E-state index contributed by atoms with van der Waals surface area (Å²) in [6, 6.07) is 0. The molecule has 0 saturated carbocycles. The van der Waals surface area contributed by atoms with Crippen molar-refractivity contribution >= 4 is 0 Å². The van der Waals surface area contributed by atoms with Gasteiger partial charge in [-0.2, -0.15) is 0 Å². The van der Waals surface area contributed by atoms with Crippen LogP contribution in [0.25, 0.3) is 0 Å². The van der Waals surface area contributed by atoms with Gasteiger partial charge in [0.15, 0.2) is 0 Å². The molecular weight excluding hydrogens is 200 g/mol. The molecule has 16 heavy (non-hydrogen) atoms. The van der Waals surface area contributed by atoms with Crippen molar-refractivity contribution < 1.29 is 4.74 Å². The summed E-state index contributed by atoms with van der Waals surface area (Å²) in [6.07, 6.45) is 5.21. The zero-order valence-corrected chi connectivity index (χ0v) is 10.7. The monoisotopic (exact) mass is 226 g/mol. The van der Waals surface area contributed by atoms with Crippen molar-refractivity contribution in [2.45, 2.75) is 38.9 Å². The molecule has 1 fully saturated rings. The van der Waals surface area contributed by atoms with Crippen molar-refractivity contribution in [1.29, 1.82) is 0 Å². The average Bonchev–Trinajstić information content (AvgIpc) is 2.73. The highest BCUT2D eigenvalue weighted by atomic mass is 16.5. The van der Waals surface area contributed by atoms with Gasteiger partial charge in [0.05, 0.1) is 12.2 Å². The number of rotatable bonds is 8. The van der Waals surface area contributed by atoms with Crippen LogP contribution in [0.3, 0.4) is 0 Å². The predicted molar refractivity (Wildman–Crippen MR) is 68.7 cm³/mol. The Hall–Kier alpha value is -0.380.